The molecule has 1 aromatic rings. The molecule has 24 heavy (non-hydrogen) atoms. The van der Waals surface area contributed by atoms with Crippen molar-refractivity contribution in [2.45, 2.75) is 39.8 Å². The molecule has 1 aromatic carbocycles. The Balaban J connectivity index is 1.61. The van der Waals surface area contributed by atoms with Gasteiger partial charge in [0.05, 0.1) is 0 Å². The van der Waals surface area contributed by atoms with Crippen LogP contribution in [0.2, 0.25) is 0 Å². The summed E-state index contributed by atoms with van der Waals surface area (Å²) in [6.07, 6.45) is 0. The van der Waals surface area contributed by atoms with Crippen LogP contribution in [0, 0.1) is 0 Å². The Kier molecular flexibility index (Phi) is 5.67. The highest BCUT2D eigenvalue weighted by Crippen LogP contribution is 2.25. The molecule has 134 valence electrons. The van der Waals surface area contributed by atoms with Gasteiger partial charge in [-0.15, -0.1) is 0 Å². The van der Waals surface area contributed by atoms with Crippen LogP contribution in [0.25, 0.3) is 0 Å². The van der Waals surface area contributed by atoms with E-state index >= 15 is 0 Å². The second-order valence-corrected chi connectivity index (χ2v) is 7.75. The highest BCUT2D eigenvalue weighted by molar-refractivity contribution is 5.60. The van der Waals surface area contributed by atoms with Gasteiger partial charge in [0.2, 0.25) is 0 Å². The van der Waals surface area contributed by atoms with Crippen LogP contribution in [0.1, 0.15) is 27.7 Å². The van der Waals surface area contributed by atoms with Gasteiger partial charge < -0.3 is 9.80 Å². The molecule has 0 unspecified atom stereocenters. The molecule has 4 nitrogen and oxygen atoms in total. The summed E-state index contributed by atoms with van der Waals surface area (Å²) >= 11 is 0. The van der Waals surface area contributed by atoms with Crippen LogP contribution in [0.4, 0.5) is 11.4 Å². The molecule has 0 spiro atoms. The predicted molar refractivity (Wildman–Crippen MR) is 104 cm³/mol. The van der Waals surface area contributed by atoms with Crippen LogP contribution in [-0.4, -0.2) is 74.2 Å². The summed E-state index contributed by atoms with van der Waals surface area (Å²) in [5.74, 6) is 0. The number of piperazine rings is 2. The Bertz CT molecular complexity index is 469. The van der Waals surface area contributed by atoms with Gasteiger partial charge >= 0.3 is 0 Å². The maximum absolute atomic E-state index is 2.57. The Morgan fingerprint density at radius 2 is 1.00 bits per heavy atom. The molecule has 0 aromatic heterocycles. The SMILES string of the molecule is CC(C)N1CCN(c2cccc(N3CCN(C(C)C)CC3)c2)CC1. The number of nitrogens with zero attached hydrogens (tertiary/aromatic N) is 4. The number of rotatable bonds is 4. The quantitative estimate of drug-likeness (QED) is 0.841. The molecule has 2 fully saturated rings. The third kappa shape index (κ3) is 4.04. The molecular formula is C20H34N4. The molecule has 0 atom stereocenters. The number of hydrogen-bond acceptors (Lipinski definition) is 4. The average molecular weight is 331 g/mol. The molecule has 0 aliphatic carbocycles. The lowest BCUT2D eigenvalue weighted by Gasteiger charge is -2.40. The summed E-state index contributed by atoms with van der Waals surface area (Å²) in [5, 5.41) is 0. The van der Waals surface area contributed by atoms with Gasteiger partial charge in [0.1, 0.15) is 0 Å². The fourth-order valence-electron chi connectivity index (χ4n) is 3.88. The summed E-state index contributed by atoms with van der Waals surface area (Å²) in [6, 6.07) is 10.5. The lowest BCUT2D eigenvalue weighted by Crippen LogP contribution is -2.49. The summed E-state index contributed by atoms with van der Waals surface area (Å²) in [7, 11) is 0. The fourth-order valence-corrected chi connectivity index (χ4v) is 3.88. The molecule has 0 radical (unpaired) electrons. The zero-order valence-corrected chi connectivity index (χ0v) is 15.9. The smallest absolute Gasteiger partial charge is 0.0387 e. The first-order chi connectivity index (χ1) is 11.5. The predicted octanol–water partition coefficient (Wildman–Crippen LogP) is 2.75. The maximum Gasteiger partial charge on any atom is 0.0387 e. The third-order valence-electron chi connectivity index (χ3n) is 5.65. The van der Waals surface area contributed by atoms with Crippen molar-refractivity contribution in [2.75, 3.05) is 62.2 Å². The van der Waals surface area contributed by atoms with Gasteiger partial charge in [0.25, 0.3) is 0 Å². The lowest BCUT2D eigenvalue weighted by atomic mass is 10.1. The van der Waals surface area contributed by atoms with Crippen molar-refractivity contribution < 1.29 is 0 Å². The highest BCUT2D eigenvalue weighted by Gasteiger charge is 2.21. The highest BCUT2D eigenvalue weighted by atomic mass is 15.3. The summed E-state index contributed by atoms with van der Waals surface area (Å²) in [5.41, 5.74) is 2.78. The van der Waals surface area contributed by atoms with E-state index in [1.165, 1.54) is 37.6 Å². The topological polar surface area (TPSA) is 13.0 Å². The van der Waals surface area contributed by atoms with Gasteiger partial charge in [-0.2, -0.15) is 0 Å². The van der Waals surface area contributed by atoms with E-state index in [2.05, 4.69) is 71.6 Å². The largest absolute Gasteiger partial charge is 0.369 e. The number of benzene rings is 1. The van der Waals surface area contributed by atoms with Crippen molar-refractivity contribution >= 4 is 11.4 Å². The van der Waals surface area contributed by atoms with Crippen LogP contribution in [-0.2, 0) is 0 Å². The molecule has 3 rings (SSSR count). The molecule has 0 amide bonds. The van der Waals surface area contributed by atoms with Crippen molar-refractivity contribution in [1.82, 2.24) is 9.80 Å². The van der Waals surface area contributed by atoms with E-state index in [1.807, 2.05) is 0 Å². The molecule has 2 aliphatic rings. The van der Waals surface area contributed by atoms with Crippen molar-refractivity contribution in [2.24, 2.45) is 0 Å². The molecule has 2 aliphatic heterocycles. The molecule has 4 heteroatoms. The minimum absolute atomic E-state index is 0.663. The van der Waals surface area contributed by atoms with Crippen LogP contribution in [0.15, 0.2) is 24.3 Å². The second kappa shape index (κ2) is 7.75. The Morgan fingerprint density at radius 3 is 1.33 bits per heavy atom. The van der Waals surface area contributed by atoms with Crippen LogP contribution in [0.5, 0.6) is 0 Å². The molecule has 0 N–H and O–H groups in total. The first-order valence-corrected chi connectivity index (χ1v) is 9.62. The van der Waals surface area contributed by atoms with Crippen LogP contribution >= 0.6 is 0 Å². The van der Waals surface area contributed by atoms with Gasteiger partial charge in [-0.1, -0.05) is 6.07 Å². The first-order valence-electron chi connectivity index (χ1n) is 9.62. The molecule has 2 heterocycles. The summed E-state index contributed by atoms with van der Waals surface area (Å²) in [4.78, 5) is 10.2. The molecule has 0 bridgehead atoms. The van der Waals surface area contributed by atoms with E-state index in [4.69, 9.17) is 0 Å². The molecule has 2 saturated heterocycles. The van der Waals surface area contributed by atoms with Gasteiger partial charge in [-0.25, -0.2) is 0 Å². The zero-order chi connectivity index (χ0) is 17.1. The van der Waals surface area contributed by atoms with Crippen LogP contribution in [0.3, 0.4) is 0 Å². The van der Waals surface area contributed by atoms with E-state index < -0.39 is 0 Å². The van der Waals surface area contributed by atoms with Crippen LogP contribution < -0.4 is 9.80 Å². The van der Waals surface area contributed by atoms with E-state index in [0.29, 0.717) is 12.1 Å². The average Bonchev–Trinajstić information content (AvgIpc) is 2.62. The normalized spacial score (nSPS) is 21.1. The minimum atomic E-state index is 0.663. The standard InChI is InChI=1S/C20H34N4/c1-17(2)21-8-12-23(13-9-21)19-6-5-7-20(16-19)24-14-10-22(11-15-24)18(3)4/h5-7,16-18H,8-15H2,1-4H3. The molecular weight excluding hydrogens is 296 g/mol. The van der Waals surface area contributed by atoms with Gasteiger partial charge in [0.15, 0.2) is 0 Å². The third-order valence-corrected chi connectivity index (χ3v) is 5.65. The Morgan fingerprint density at radius 1 is 0.625 bits per heavy atom. The summed E-state index contributed by atoms with van der Waals surface area (Å²) in [6.45, 7) is 18.5. The Labute approximate surface area is 148 Å². The van der Waals surface area contributed by atoms with Gasteiger partial charge in [-0.05, 0) is 45.9 Å². The van der Waals surface area contributed by atoms with Crippen molar-refractivity contribution in [3.8, 4) is 0 Å². The van der Waals surface area contributed by atoms with Gasteiger partial charge in [-0.3, -0.25) is 9.80 Å². The fraction of sp³-hybridized carbons (Fsp3) is 0.700. The van der Waals surface area contributed by atoms with Gasteiger partial charge in [0, 0.05) is 75.8 Å². The van der Waals surface area contributed by atoms with E-state index in [9.17, 15) is 0 Å². The van der Waals surface area contributed by atoms with E-state index in [-0.39, 0.29) is 0 Å². The second-order valence-electron chi connectivity index (χ2n) is 7.75. The number of anilines is 2. The monoisotopic (exact) mass is 330 g/mol. The zero-order valence-electron chi connectivity index (χ0n) is 15.9. The van der Waals surface area contributed by atoms with Crippen molar-refractivity contribution in [3.05, 3.63) is 24.3 Å². The first kappa shape index (κ1) is 17.6. The lowest BCUT2D eigenvalue weighted by molar-refractivity contribution is 0.209. The minimum Gasteiger partial charge on any atom is -0.369 e. The van der Waals surface area contributed by atoms with E-state index in [1.54, 1.807) is 0 Å². The summed E-state index contributed by atoms with van der Waals surface area (Å²) < 4.78 is 0. The van der Waals surface area contributed by atoms with E-state index in [0.717, 1.165) is 26.2 Å². The van der Waals surface area contributed by atoms with Crippen molar-refractivity contribution in [1.29, 1.82) is 0 Å². The Hall–Kier alpha value is -1.26. The maximum atomic E-state index is 2.57. The number of hydrogen-bond donors (Lipinski definition) is 0. The molecule has 0 saturated carbocycles. The van der Waals surface area contributed by atoms with Crippen molar-refractivity contribution in [3.63, 3.8) is 0 Å².